The number of aromatic carboxylic acids is 1. The SMILES string of the molecule is CCCn1cc(S(=O)(=O)NC(C)(C)CCO)cc1C(=O)O. The van der Waals surface area contributed by atoms with Gasteiger partial charge in [-0.2, -0.15) is 0 Å². The summed E-state index contributed by atoms with van der Waals surface area (Å²) in [5.41, 5.74) is -0.874. The average Bonchev–Trinajstić information content (AvgIpc) is 2.72. The number of aliphatic hydroxyl groups is 1. The van der Waals surface area contributed by atoms with E-state index in [1.54, 1.807) is 13.8 Å². The molecule has 7 nitrogen and oxygen atoms in total. The second-order valence-electron chi connectivity index (χ2n) is 5.52. The number of aryl methyl sites for hydroxylation is 1. The van der Waals surface area contributed by atoms with E-state index in [2.05, 4.69) is 4.72 Å². The van der Waals surface area contributed by atoms with Gasteiger partial charge in [0.05, 0.1) is 0 Å². The molecular weight excluding hydrogens is 296 g/mol. The Morgan fingerprint density at radius 1 is 1.43 bits per heavy atom. The Hall–Kier alpha value is -1.38. The van der Waals surface area contributed by atoms with Crippen molar-refractivity contribution in [3.8, 4) is 0 Å². The van der Waals surface area contributed by atoms with Crippen LogP contribution in [0.15, 0.2) is 17.2 Å². The molecule has 1 heterocycles. The molecular formula is C13H22N2O5S. The minimum absolute atomic E-state index is 0.0582. The van der Waals surface area contributed by atoms with Gasteiger partial charge >= 0.3 is 5.97 Å². The molecule has 1 rings (SSSR count). The third kappa shape index (κ3) is 4.55. The van der Waals surface area contributed by atoms with E-state index >= 15 is 0 Å². The molecule has 21 heavy (non-hydrogen) atoms. The molecule has 1 aromatic rings. The molecule has 0 bridgehead atoms. The van der Waals surface area contributed by atoms with E-state index in [0.29, 0.717) is 13.0 Å². The van der Waals surface area contributed by atoms with Crippen LogP contribution >= 0.6 is 0 Å². The van der Waals surface area contributed by atoms with Crippen molar-refractivity contribution in [3.05, 3.63) is 18.0 Å². The molecule has 1 aromatic heterocycles. The van der Waals surface area contributed by atoms with E-state index in [9.17, 15) is 13.2 Å². The summed E-state index contributed by atoms with van der Waals surface area (Å²) in [7, 11) is -3.84. The summed E-state index contributed by atoms with van der Waals surface area (Å²) >= 11 is 0. The maximum absolute atomic E-state index is 12.3. The van der Waals surface area contributed by atoms with Crippen molar-refractivity contribution in [1.82, 2.24) is 9.29 Å². The van der Waals surface area contributed by atoms with Crippen molar-refractivity contribution in [2.75, 3.05) is 6.61 Å². The molecule has 0 spiro atoms. The third-order valence-corrected chi connectivity index (χ3v) is 4.68. The molecule has 0 saturated heterocycles. The first kappa shape index (κ1) is 17.7. The Balaban J connectivity index is 3.14. The number of nitrogens with zero attached hydrogens (tertiary/aromatic N) is 1. The van der Waals surface area contributed by atoms with Crippen LogP contribution in [0.3, 0.4) is 0 Å². The summed E-state index contributed by atoms with van der Waals surface area (Å²) < 4.78 is 28.5. The van der Waals surface area contributed by atoms with E-state index in [-0.39, 0.29) is 23.6 Å². The highest BCUT2D eigenvalue weighted by Gasteiger charge is 2.28. The predicted octanol–water partition coefficient (Wildman–Crippen LogP) is 1.04. The van der Waals surface area contributed by atoms with Crippen LogP contribution in [0.25, 0.3) is 0 Å². The molecule has 0 radical (unpaired) electrons. The standard InChI is InChI=1S/C13H22N2O5S/c1-4-6-15-9-10(8-11(15)12(17)18)21(19,20)14-13(2,3)5-7-16/h8-9,14,16H,4-7H2,1-3H3,(H,17,18). The summed E-state index contributed by atoms with van der Waals surface area (Å²) in [6.45, 7) is 5.47. The van der Waals surface area contributed by atoms with Gasteiger partial charge in [0.25, 0.3) is 0 Å². The largest absolute Gasteiger partial charge is 0.477 e. The minimum atomic E-state index is -3.84. The zero-order valence-electron chi connectivity index (χ0n) is 12.5. The quantitative estimate of drug-likeness (QED) is 0.663. The molecule has 0 aliphatic heterocycles. The van der Waals surface area contributed by atoms with Crippen molar-refractivity contribution >= 4 is 16.0 Å². The molecule has 0 unspecified atom stereocenters. The Morgan fingerprint density at radius 2 is 2.05 bits per heavy atom. The van der Waals surface area contributed by atoms with Gasteiger partial charge in [-0.15, -0.1) is 0 Å². The lowest BCUT2D eigenvalue weighted by molar-refractivity contribution is 0.0685. The Labute approximate surface area is 124 Å². The lowest BCUT2D eigenvalue weighted by atomic mass is 10.0. The summed E-state index contributed by atoms with van der Waals surface area (Å²) in [4.78, 5) is 11.1. The molecule has 120 valence electrons. The Kier molecular flexibility index (Phi) is 5.54. The van der Waals surface area contributed by atoms with Gasteiger partial charge < -0.3 is 14.8 Å². The number of carbonyl (C=O) groups is 1. The highest BCUT2D eigenvalue weighted by molar-refractivity contribution is 7.89. The van der Waals surface area contributed by atoms with Crippen LogP contribution in [0, 0.1) is 0 Å². The number of hydrogen-bond acceptors (Lipinski definition) is 4. The van der Waals surface area contributed by atoms with Crippen LogP contribution in [-0.2, 0) is 16.6 Å². The van der Waals surface area contributed by atoms with Gasteiger partial charge in [0.15, 0.2) is 0 Å². The van der Waals surface area contributed by atoms with Gasteiger partial charge in [0, 0.05) is 24.9 Å². The van der Waals surface area contributed by atoms with Gasteiger partial charge in [-0.1, -0.05) is 6.92 Å². The smallest absolute Gasteiger partial charge is 0.352 e. The lowest BCUT2D eigenvalue weighted by Crippen LogP contribution is -2.43. The number of rotatable bonds is 8. The fourth-order valence-electron chi connectivity index (χ4n) is 1.99. The maximum Gasteiger partial charge on any atom is 0.352 e. The maximum atomic E-state index is 12.3. The Morgan fingerprint density at radius 3 is 2.52 bits per heavy atom. The van der Waals surface area contributed by atoms with Gasteiger partial charge in [-0.3, -0.25) is 0 Å². The van der Waals surface area contributed by atoms with Gasteiger partial charge in [0.2, 0.25) is 10.0 Å². The van der Waals surface area contributed by atoms with Gasteiger partial charge in [-0.05, 0) is 32.8 Å². The van der Waals surface area contributed by atoms with Crippen molar-refractivity contribution in [1.29, 1.82) is 0 Å². The average molecular weight is 318 g/mol. The number of nitrogens with one attached hydrogen (secondary N) is 1. The highest BCUT2D eigenvalue weighted by Crippen LogP contribution is 2.19. The fraction of sp³-hybridized carbons (Fsp3) is 0.615. The minimum Gasteiger partial charge on any atom is -0.477 e. The molecule has 0 atom stereocenters. The van der Waals surface area contributed by atoms with E-state index in [0.717, 1.165) is 6.07 Å². The normalized spacial score (nSPS) is 12.6. The van der Waals surface area contributed by atoms with Gasteiger partial charge in [-0.25, -0.2) is 17.9 Å². The zero-order chi connectivity index (χ0) is 16.3. The summed E-state index contributed by atoms with van der Waals surface area (Å²) in [6.07, 6.45) is 2.27. The summed E-state index contributed by atoms with van der Waals surface area (Å²) in [5.74, 6) is -1.17. The highest BCUT2D eigenvalue weighted by atomic mass is 32.2. The molecule has 0 fully saturated rings. The van der Waals surface area contributed by atoms with Crippen molar-refractivity contribution in [3.63, 3.8) is 0 Å². The number of carboxylic acid groups (broad SMARTS) is 1. The van der Waals surface area contributed by atoms with Crippen molar-refractivity contribution < 1.29 is 23.4 Å². The van der Waals surface area contributed by atoms with Crippen LogP contribution in [0.1, 0.15) is 44.1 Å². The third-order valence-electron chi connectivity index (χ3n) is 3.01. The first-order valence-electron chi connectivity index (χ1n) is 6.71. The van der Waals surface area contributed by atoms with E-state index < -0.39 is 21.5 Å². The van der Waals surface area contributed by atoms with Gasteiger partial charge in [0.1, 0.15) is 10.6 Å². The van der Waals surface area contributed by atoms with Crippen LogP contribution in [0.5, 0.6) is 0 Å². The fourth-order valence-corrected chi connectivity index (χ4v) is 3.47. The van der Waals surface area contributed by atoms with E-state index in [1.165, 1.54) is 10.8 Å². The number of sulfonamides is 1. The van der Waals surface area contributed by atoms with Crippen LogP contribution in [-0.4, -0.2) is 41.3 Å². The molecule has 0 aromatic carbocycles. The molecule has 8 heteroatoms. The molecule has 0 aliphatic rings. The number of hydrogen-bond donors (Lipinski definition) is 3. The topological polar surface area (TPSA) is 109 Å². The van der Waals surface area contributed by atoms with E-state index in [4.69, 9.17) is 10.2 Å². The second-order valence-corrected chi connectivity index (χ2v) is 7.20. The van der Waals surface area contributed by atoms with E-state index in [1.807, 2.05) is 6.92 Å². The number of carboxylic acids is 1. The van der Waals surface area contributed by atoms with Crippen LogP contribution in [0.4, 0.5) is 0 Å². The zero-order valence-corrected chi connectivity index (χ0v) is 13.3. The molecule has 0 aliphatic carbocycles. The first-order valence-corrected chi connectivity index (χ1v) is 8.19. The molecule has 0 saturated carbocycles. The number of aromatic nitrogens is 1. The summed E-state index contributed by atoms with van der Waals surface area (Å²) in [5, 5.41) is 18.1. The first-order chi connectivity index (χ1) is 9.63. The lowest BCUT2D eigenvalue weighted by Gasteiger charge is -2.24. The molecule has 3 N–H and O–H groups in total. The van der Waals surface area contributed by atoms with Crippen molar-refractivity contribution in [2.24, 2.45) is 0 Å². The summed E-state index contributed by atoms with van der Waals surface area (Å²) in [6, 6.07) is 1.15. The van der Waals surface area contributed by atoms with Crippen LogP contribution < -0.4 is 4.72 Å². The van der Waals surface area contributed by atoms with Crippen molar-refractivity contribution in [2.45, 2.75) is 50.6 Å². The molecule has 0 amide bonds. The Bertz CT molecular complexity index is 604. The predicted molar refractivity (Wildman–Crippen MR) is 77.8 cm³/mol. The number of aliphatic hydroxyl groups excluding tert-OH is 1. The monoisotopic (exact) mass is 318 g/mol. The second kappa shape index (κ2) is 6.59. The van der Waals surface area contributed by atoms with Crippen LogP contribution in [0.2, 0.25) is 0 Å².